The number of nitrogens with zero attached hydrogens (tertiary/aromatic N) is 1. The number of rotatable bonds is 6. The highest BCUT2D eigenvalue weighted by atomic mass is 35.5. The lowest BCUT2D eigenvalue weighted by Crippen LogP contribution is -2.48. The van der Waals surface area contributed by atoms with Gasteiger partial charge in [0.2, 0.25) is 0 Å². The Morgan fingerprint density at radius 2 is 1.66 bits per heavy atom. The summed E-state index contributed by atoms with van der Waals surface area (Å²) in [6.07, 6.45) is 1.58. The molecular weight excluding hydrogens is 386 g/mol. The lowest BCUT2D eigenvalue weighted by atomic mass is 9.87. The first-order valence-corrected chi connectivity index (χ1v) is 9.96. The topological polar surface area (TPSA) is 70.6 Å². The summed E-state index contributed by atoms with van der Waals surface area (Å²) in [5.74, 6) is -0.906. The van der Waals surface area contributed by atoms with E-state index in [1.807, 2.05) is 38.1 Å². The van der Waals surface area contributed by atoms with Crippen molar-refractivity contribution in [1.82, 2.24) is 10.7 Å². The number of hydrogen-bond acceptors (Lipinski definition) is 3. The molecule has 0 fully saturated rings. The number of hydrogen-bond donors (Lipinski definition) is 2. The molecule has 6 heteroatoms. The van der Waals surface area contributed by atoms with Gasteiger partial charge in [0.25, 0.3) is 11.8 Å². The Hall–Kier alpha value is -2.66. The van der Waals surface area contributed by atoms with Crippen molar-refractivity contribution in [3.8, 4) is 0 Å². The van der Waals surface area contributed by atoms with Gasteiger partial charge in [-0.2, -0.15) is 5.10 Å². The standard InChI is InChI=1S/C23H28ClN3O2/c1-15(2)20(26-21(28)18-8-6-7-9-19(18)24)22(29)27-25-14-16-10-12-17(13-11-16)23(3,4)5/h6-15,20H,1-5H3,(H,26,28)(H,27,29). The van der Waals surface area contributed by atoms with E-state index < -0.39 is 11.9 Å². The number of amides is 2. The molecule has 2 aromatic carbocycles. The van der Waals surface area contributed by atoms with Gasteiger partial charge in [0.15, 0.2) is 0 Å². The Labute approximate surface area is 177 Å². The highest BCUT2D eigenvalue weighted by Gasteiger charge is 2.25. The molecule has 0 saturated carbocycles. The lowest BCUT2D eigenvalue weighted by molar-refractivity contribution is -0.123. The molecule has 154 valence electrons. The number of benzene rings is 2. The molecule has 0 aromatic heterocycles. The Balaban J connectivity index is 2.01. The third-order valence-corrected chi connectivity index (χ3v) is 4.85. The highest BCUT2D eigenvalue weighted by molar-refractivity contribution is 6.33. The first kappa shape index (κ1) is 22.6. The summed E-state index contributed by atoms with van der Waals surface area (Å²) >= 11 is 6.07. The molecule has 2 N–H and O–H groups in total. The largest absolute Gasteiger partial charge is 0.340 e. The maximum Gasteiger partial charge on any atom is 0.262 e. The third kappa shape index (κ3) is 6.43. The second-order valence-corrected chi connectivity index (χ2v) is 8.69. The predicted molar refractivity (Wildman–Crippen MR) is 118 cm³/mol. The van der Waals surface area contributed by atoms with Crippen LogP contribution in [0.15, 0.2) is 53.6 Å². The van der Waals surface area contributed by atoms with Crippen LogP contribution in [-0.2, 0) is 10.2 Å². The number of halogens is 1. The van der Waals surface area contributed by atoms with E-state index in [0.717, 1.165) is 5.56 Å². The Morgan fingerprint density at radius 3 is 2.21 bits per heavy atom. The van der Waals surface area contributed by atoms with Crippen LogP contribution in [-0.4, -0.2) is 24.1 Å². The molecule has 0 bridgehead atoms. The average Bonchev–Trinajstić information content (AvgIpc) is 2.65. The van der Waals surface area contributed by atoms with Crippen molar-refractivity contribution in [3.05, 3.63) is 70.2 Å². The van der Waals surface area contributed by atoms with E-state index in [4.69, 9.17) is 11.6 Å². The zero-order chi connectivity index (χ0) is 21.6. The van der Waals surface area contributed by atoms with Gasteiger partial charge in [0, 0.05) is 0 Å². The molecule has 0 aliphatic heterocycles. The van der Waals surface area contributed by atoms with Gasteiger partial charge < -0.3 is 5.32 Å². The predicted octanol–water partition coefficient (Wildman–Crippen LogP) is 4.54. The van der Waals surface area contributed by atoms with Gasteiger partial charge in [-0.1, -0.05) is 82.6 Å². The van der Waals surface area contributed by atoms with Gasteiger partial charge in [-0.05, 0) is 34.6 Å². The van der Waals surface area contributed by atoms with Crippen molar-refractivity contribution in [3.63, 3.8) is 0 Å². The van der Waals surface area contributed by atoms with Crippen LogP contribution in [0.4, 0.5) is 0 Å². The van der Waals surface area contributed by atoms with Crippen LogP contribution in [0.25, 0.3) is 0 Å². The average molecular weight is 414 g/mol. The van der Waals surface area contributed by atoms with Gasteiger partial charge in [-0.25, -0.2) is 5.43 Å². The Kier molecular flexibility index (Phi) is 7.57. The molecule has 29 heavy (non-hydrogen) atoms. The summed E-state index contributed by atoms with van der Waals surface area (Å²) in [4.78, 5) is 25.0. The summed E-state index contributed by atoms with van der Waals surface area (Å²) in [6, 6.07) is 14.0. The third-order valence-electron chi connectivity index (χ3n) is 4.52. The van der Waals surface area contributed by atoms with Crippen LogP contribution in [0.1, 0.15) is 56.1 Å². The Morgan fingerprint density at radius 1 is 1.03 bits per heavy atom. The van der Waals surface area contributed by atoms with Gasteiger partial charge in [0.05, 0.1) is 16.8 Å². The first-order valence-electron chi connectivity index (χ1n) is 9.58. The molecular formula is C23H28ClN3O2. The summed E-state index contributed by atoms with van der Waals surface area (Å²) in [6.45, 7) is 10.2. The number of carbonyl (C=O) groups is 2. The summed E-state index contributed by atoms with van der Waals surface area (Å²) in [5, 5.41) is 7.11. The second-order valence-electron chi connectivity index (χ2n) is 8.28. The normalized spacial score (nSPS) is 12.8. The van der Waals surface area contributed by atoms with E-state index in [2.05, 4.69) is 36.6 Å². The SMILES string of the molecule is CC(C)C(NC(=O)c1ccccc1Cl)C(=O)NN=Cc1ccc(C(C)(C)C)cc1. The molecule has 0 spiro atoms. The van der Waals surface area contributed by atoms with Gasteiger partial charge >= 0.3 is 0 Å². The number of nitrogens with one attached hydrogen (secondary N) is 2. The van der Waals surface area contributed by atoms with Crippen molar-refractivity contribution >= 4 is 29.6 Å². The summed E-state index contributed by atoms with van der Waals surface area (Å²) < 4.78 is 0. The van der Waals surface area contributed by atoms with Crippen molar-refractivity contribution in [2.24, 2.45) is 11.0 Å². The first-order chi connectivity index (χ1) is 13.6. The number of carbonyl (C=O) groups excluding carboxylic acids is 2. The molecule has 5 nitrogen and oxygen atoms in total. The van der Waals surface area contributed by atoms with E-state index in [9.17, 15) is 9.59 Å². The van der Waals surface area contributed by atoms with E-state index in [-0.39, 0.29) is 17.2 Å². The van der Waals surface area contributed by atoms with Crippen LogP contribution < -0.4 is 10.7 Å². The van der Waals surface area contributed by atoms with Gasteiger partial charge in [0.1, 0.15) is 6.04 Å². The van der Waals surface area contributed by atoms with Crippen LogP contribution in [0, 0.1) is 5.92 Å². The Bertz CT molecular complexity index is 884. The fraction of sp³-hybridized carbons (Fsp3) is 0.348. The van der Waals surface area contributed by atoms with Gasteiger partial charge in [-0.3, -0.25) is 9.59 Å². The summed E-state index contributed by atoms with van der Waals surface area (Å²) in [7, 11) is 0. The fourth-order valence-electron chi connectivity index (χ4n) is 2.71. The summed E-state index contributed by atoms with van der Waals surface area (Å²) in [5.41, 5.74) is 5.02. The van der Waals surface area contributed by atoms with E-state index >= 15 is 0 Å². The molecule has 1 unspecified atom stereocenters. The minimum atomic E-state index is -0.737. The molecule has 0 saturated heterocycles. The zero-order valence-electron chi connectivity index (χ0n) is 17.5. The smallest absolute Gasteiger partial charge is 0.262 e. The van der Waals surface area contributed by atoms with Crippen LogP contribution in [0.3, 0.4) is 0 Å². The number of hydrazone groups is 1. The zero-order valence-corrected chi connectivity index (χ0v) is 18.2. The molecule has 1 atom stereocenters. The second kappa shape index (κ2) is 9.70. The molecule has 0 aliphatic rings. The van der Waals surface area contributed by atoms with E-state index in [1.54, 1.807) is 30.5 Å². The monoisotopic (exact) mass is 413 g/mol. The van der Waals surface area contributed by atoms with Crippen molar-refractivity contribution in [2.45, 2.75) is 46.1 Å². The lowest BCUT2D eigenvalue weighted by Gasteiger charge is -2.20. The molecule has 0 aliphatic carbocycles. The van der Waals surface area contributed by atoms with Crippen LogP contribution >= 0.6 is 11.6 Å². The maximum absolute atomic E-state index is 12.5. The quantitative estimate of drug-likeness (QED) is 0.539. The van der Waals surface area contributed by atoms with Crippen LogP contribution in [0.5, 0.6) is 0 Å². The molecule has 2 amide bonds. The molecule has 0 heterocycles. The van der Waals surface area contributed by atoms with E-state index in [1.165, 1.54) is 5.56 Å². The van der Waals surface area contributed by atoms with Crippen molar-refractivity contribution in [1.29, 1.82) is 0 Å². The maximum atomic E-state index is 12.5. The molecule has 2 aromatic rings. The minimum absolute atomic E-state index is 0.0776. The van der Waals surface area contributed by atoms with Crippen molar-refractivity contribution in [2.75, 3.05) is 0 Å². The molecule has 0 radical (unpaired) electrons. The molecule has 2 rings (SSSR count). The fourth-order valence-corrected chi connectivity index (χ4v) is 2.93. The van der Waals surface area contributed by atoms with E-state index in [0.29, 0.717) is 10.6 Å². The van der Waals surface area contributed by atoms with Gasteiger partial charge in [-0.15, -0.1) is 0 Å². The van der Waals surface area contributed by atoms with Crippen LogP contribution in [0.2, 0.25) is 5.02 Å². The van der Waals surface area contributed by atoms with Crippen molar-refractivity contribution < 1.29 is 9.59 Å². The minimum Gasteiger partial charge on any atom is -0.340 e. The highest BCUT2D eigenvalue weighted by Crippen LogP contribution is 2.21.